The summed E-state index contributed by atoms with van der Waals surface area (Å²) in [7, 11) is 5.06. The summed E-state index contributed by atoms with van der Waals surface area (Å²) >= 11 is 0. The molecule has 10 heteroatoms. The van der Waals surface area contributed by atoms with E-state index in [0.29, 0.717) is 46.7 Å². The van der Waals surface area contributed by atoms with E-state index >= 15 is 0 Å². The third-order valence-corrected chi connectivity index (χ3v) is 6.03. The number of amides is 1. The van der Waals surface area contributed by atoms with Gasteiger partial charge < -0.3 is 15.8 Å². The highest BCUT2D eigenvalue weighted by Gasteiger charge is 2.51. The van der Waals surface area contributed by atoms with E-state index in [0.717, 1.165) is 11.1 Å². The highest BCUT2D eigenvalue weighted by molar-refractivity contribution is 5.95. The summed E-state index contributed by atoms with van der Waals surface area (Å²) in [6.45, 7) is 0. The predicted octanol–water partition coefficient (Wildman–Crippen LogP) is 1.93. The van der Waals surface area contributed by atoms with Crippen LogP contribution in [-0.2, 0) is 24.3 Å². The average molecular weight is 433 g/mol. The molecule has 0 spiro atoms. The lowest BCUT2D eigenvalue weighted by atomic mass is 10.00. The number of para-hydroxylation sites is 1. The van der Waals surface area contributed by atoms with Crippen molar-refractivity contribution < 1.29 is 9.53 Å². The average Bonchev–Trinajstić information content (AvgIpc) is 3.40. The number of pyridine rings is 1. The molecular formula is C22H23N7O3. The Bertz CT molecular complexity index is 1430. The molecule has 0 bridgehead atoms. The maximum absolute atomic E-state index is 12.8. The van der Waals surface area contributed by atoms with Crippen LogP contribution in [0.1, 0.15) is 18.5 Å². The number of primary amides is 1. The standard InChI is InChI=1S/C22H23N7O3/c1-28-11-12(10-24-28)13-5-4-6-14(18(13)32-3)25-15-9-16(22(7-8-22)21(23)31)26-19-17(15)20(30)29(2)27-19/h4-6,9-11H,7-8H2,1-3H3,(H2,23,31)(H2,25,26,27). The van der Waals surface area contributed by atoms with E-state index in [-0.39, 0.29) is 5.56 Å². The molecule has 1 saturated carbocycles. The number of nitrogens with two attached hydrogens (primary N) is 1. The van der Waals surface area contributed by atoms with E-state index in [4.69, 9.17) is 10.5 Å². The number of aryl methyl sites for hydroxylation is 2. The minimum atomic E-state index is -0.793. The number of nitrogens with one attached hydrogen (secondary N) is 2. The van der Waals surface area contributed by atoms with E-state index in [2.05, 4.69) is 20.5 Å². The SMILES string of the molecule is COc1c(Nc2cc(C3(C(N)=O)CC3)nc3[nH]n(C)c(=O)c23)cccc1-c1cnn(C)c1. The maximum Gasteiger partial charge on any atom is 0.277 e. The molecule has 5 rings (SSSR count). The quantitative estimate of drug-likeness (QED) is 0.426. The van der Waals surface area contributed by atoms with Crippen LogP contribution in [0.3, 0.4) is 0 Å². The van der Waals surface area contributed by atoms with Crippen molar-refractivity contribution in [2.45, 2.75) is 18.3 Å². The number of rotatable bonds is 6. The third kappa shape index (κ3) is 2.95. The second kappa shape index (κ2) is 6.98. The predicted molar refractivity (Wildman–Crippen MR) is 120 cm³/mol. The largest absolute Gasteiger partial charge is 0.494 e. The lowest BCUT2D eigenvalue weighted by Gasteiger charge is -2.17. The molecule has 0 saturated heterocycles. The van der Waals surface area contributed by atoms with Crippen molar-refractivity contribution in [1.82, 2.24) is 24.5 Å². The van der Waals surface area contributed by atoms with Crippen LogP contribution < -0.4 is 21.3 Å². The van der Waals surface area contributed by atoms with Gasteiger partial charge in [-0.25, -0.2) is 4.98 Å². The first-order chi connectivity index (χ1) is 15.3. The van der Waals surface area contributed by atoms with Gasteiger partial charge in [-0.2, -0.15) is 5.10 Å². The Kier molecular flexibility index (Phi) is 4.33. The van der Waals surface area contributed by atoms with Crippen molar-refractivity contribution >= 4 is 28.3 Å². The highest BCUT2D eigenvalue weighted by Crippen LogP contribution is 2.48. The molecular weight excluding hydrogens is 410 g/mol. The van der Waals surface area contributed by atoms with Gasteiger partial charge in [0.1, 0.15) is 11.1 Å². The van der Waals surface area contributed by atoms with Gasteiger partial charge in [-0.3, -0.25) is 24.1 Å². The van der Waals surface area contributed by atoms with Crippen LogP contribution >= 0.6 is 0 Å². The summed E-state index contributed by atoms with van der Waals surface area (Å²) in [6, 6.07) is 7.44. The fourth-order valence-corrected chi connectivity index (χ4v) is 4.11. The van der Waals surface area contributed by atoms with Crippen LogP contribution in [0.2, 0.25) is 0 Å². The van der Waals surface area contributed by atoms with Crippen LogP contribution in [0.5, 0.6) is 5.75 Å². The zero-order valence-corrected chi connectivity index (χ0v) is 18.0. The van der Waals surface area contributed by atoms with Crippen LogP contribution in [0.25, 0.3) is 22.2 Å². The molecule has 4 N–H and O–H groups in total. The molecule has 0 aliphatic heterocycles. The van der Waals surface area contributed by atoms with Crippen molar-refractivity contribution in [2.75, 3.05) is 12.4 Å². The Labute approximate surface area is 183 Å². The fourth-order valence-electron chi connectivity index (χ4n) is 4.11. The molecule has 0 radical (unpaired) electrons. The summed E-state index contributed by atoms with van der Waals surface area (Å²) in [6.07, 6.45) is 4.93. The summed E-state index contributed by atoms with van der Waals surface area (Å²) in [5, 5.41) is 10.9. The minimum Gasteiger partial charge on any atom is -0.494 e. The number of aromatic amines is 1. The number of ether oxygens (including phenoxy) is 1. The number of methoxy groups -OCH3 is 1. The Morgan fingerprint density at radius 2 is 2.06 bits per heavy atom. The first kappa shape index (κ1) is 19.9. The number of benzene rings is 1. The molecule has 10 nitrogen and oxygen atoms in total. The molecule has 32 heavy (non-hydrogen) atoms. The lowest BCUT2D eigenvalue weighted by molar-refractivity contribution is -0.120. The normalized spacial score (nSPS) is 14.5. The number of aromatic nitrogens is 5. The van der Waals surface area contributed by atoms with Crippen molar-refractivity contribution in [1.29, 1.82) is 0 Å². The molecule has 1 aliphatic rings. The van der Waals surface area contributed by atoms with Crippen molar-refractivity contribution in [2.24, 2.45) is 19.8 Å². The topological polar surface area (TPSA) is 133 Å². The molecule has 1 aromatic carbocycles. The highest BCUT2D eigenvalue weighted by atomic mass is 16.5. The van der Waals surface area contributed by atoms with Gasteiger partial charge in [0.25, 0.3) is 5.56 Å². The minimum absolute atomic E-state index is 0.229. The Balaban J connectivity index is 1.68. The van der Waals surface area contributed by atoms with Crippen LogP contribution in [0.15, 0.2) is 41.5 Å². The number of hydrogen-bond donors (Lipinski definition) is 3. The van der Waals surface area contributed by atoms with Crippen molar-refractivity contribution in [3.8, 4) is 16.9 Å². The number of carbonyl (C=O) groups excluding carboxylic acids is 1. The number of fused-ring (bicyclic) bond motifs is 1. The zero-order chi connectivity index (χ0) is 22.6. The Hall–Kier alpha value is -4.08. The van der Waals surface area contributed by atoms with Gasteiger partial charge in [-0.1, -0.05) is 12.1 Å². The second-order valence-corrected chi connectivity index (χ2v) is 8.12. The van der Waals surface area contributed by atoms with E-state index in [9.17, 15) is 9.59 Å². The zero-order valence-electron chi connectivity index (χ0n) is 18.0. The van der Waals surface area contributed by atoms with E-state index in [1.54, 1.807) is 31.1 Å². The Morgan fingerprint density at radius 1 is 1.28 bits per heavy atom. The molecule has 1 fully saturated rings. The van der Waals surface area contributed by atoms with Gasteiger partial charge in [0.2, 0.25) is 5.91 Å². The lowest BCUT2D eigenvalue weighted by Crippen LogP contribution is -2.29. The summed E-state index contributed by atoms with van der Waals surface area (Å²) in [5.41, 5.74) is 8.54. The molecule has 164 valence electrons. The number of hydrogen-bond acceptors (Lipinski definition) is 6. The summed E-state index contributed by atoms with van der Waals surface area (Å²) in [4.78, 5) is 29.5. The van der Waals surface area contributed by atoms with E-state index < -0.39 is 11.3 Å². The van der Waals surface area contributed by atoms with E-state index in [1.165, 1.54) is 4.68 Å². The van der Waals surface area contributed by atoms with Crippen molar-refractivity contribution in [3.63, 3.8) is 0 Å². The fraction of sp³-hybridized carbons (Fsp3) is 0.273. The number of anilines is 2. The van der Waals surface area contributed by atoms with Gasteiger partial charge in [0.05, 0.1) is 35.8 Å². The first-order valence-corrected chi connectivity index (χ1v) is 10.2. The maximum atomic E-state index is 12.8. The van der Waals surface area contributed by atoms with Gasteiger partial charge >= 0.3 is 0 Å². The number of carbonyl (C=O) groups is 1. The summed E-state index contributed by atoms with van der Waals surface area (Å²) in [5.74, 6) is 0.195. The molecule has 4 aromatic rings. The molecule has 0 atom stereocenters. The second-order valence-electron chi connectivity index (χ2n) is 8.12. The molecule has 1 amide bonds. The smallest absolute Gasteiger partial charge is 0.277 e. The van der Waals surface area contributed by atoms with E-state index in [1.807, 2.05) is 31.4 Å². The number of nitrogens with zero attached hydrogens (tertiary/aromatic N) is 4. The van der Waals surface area contributed by atoms with Gasteiger partial charge in [-0.15, -0.1) is 0 Å². The molecule has 0 unspecified atom stereocenters. The summed E-state index contributed by atoms with van der Waals surface area (Å²) < 4.78 is 8.81. The first-order valence-electron chi connectivity index (χ1n) is 10.2. The molecule has 3 heterocycles. The van der Waals surface area contributed by atoms with Crippen molar-refractivity contribution in [3.05, 3.63) is 52.7 Å². The monoisotopic (exact) mass is 433 g/mol. The van der Waals surface area contributed by atoms with Crippen LogP contribution in [-0.4, -0.2) is 37.6 Å². The van der Waals surface area contributed by atoms with Gasteiger partial charge in [-0.05, 0) is 25.0 Å². The number of H-pyrrole nitrogens is 1. The van der Waals surface area contributed by atoms with Gasteiger partial charge in [0.15, 0.2) is 5.65 Å². The molecule has 3 aromatic heterocycles. The van der Waals surface area contributed by atoms with Crippen LogP contribution in [0.4, 0.5) is 11.4 Å². The molecule has 1 aliphatic carbocycles. The Morgan fingerprint density at radius 3 is 2.69 bits per heavy atom. The third-order valence-electron chi connectivity index (χ3n) is 6.03. The van der Waals surface area contributed by atoms with Crippen LogP contribution in [0, 0.1) is 0 Å². The van der Waals surface area contributed by atoms with Gasteiger partial charge in [0, 0.05) is 31.4 Å².